The Hall–Kier alpha value is 0.431. The smallest absolute Gasteiger partial charge is 0.494 e. The summed E-state index contributed by atoms with van der Waals surface area (Å²) in [5.74, 6) is -0.114. The van der Waals surface area contributed by atoms with Gasteiger partial charge in [0.1, 0.15) is 12.7 Å². The van der Waals surface area contributed by atoms with E-state index in [9.17, 15) is 12.9 Å². The van der Waals surface area contributed by atoms with Gasteiger partial charge in [-0.25, -0.2) is 0 Å². The van der Waals surface area contributed by atoms with Crippen LogP contribution in [0.15, 0.2) is 24.3 Å². The van der Waals surface area contributed by atoms with Crippen molar-refractivity contribution < 1.29 is 73.8 Å². The van der Waals surface area contributed by atoms with Crippen molar-refractivity contribution in [1.82, 2.24) is 4.90 Å². The minimum atomic E-state index is -5.06. The number of benzene rings is 1. The number of halogens is 3. The van der Waals surface area contributed by atoms with Gasteiger partial charge in [0, 0.05) is 13.1 Å². The van der Waals surface area contributed by atoms with Gasteiger partial charge < -0.3 is 22.4 Å². The molecule has 1 aromatic rings. The van der Waals surface area contributed by atoms with E-state index in [0.29, 0.717) is 13.2 Å². The molecule has 0 amide bonds. The number of ether oxygens (including phenoxy) is 2. The van der Waals surface area contributed by atoms with Gasteiger partial charge in [0.2, 0.25) is 0 Å². The zero-order valence-electron chi connectivity index (χ0n) is 12.4. The summed E-state index contributed by atoms with van der Waals surface area (Å²) in [4.78, 5) is 2.19. The van der Waals surface area contributed by atoms with E-state index in [4.69, 9.17) is 9.47 Å². The van der Waals surface area contributed by atoms with Crippen LogP contribution in [0.25, 0.3) is 0 Å². The third-order valence-electron chi connectivity index (χ3n) is 3.37. The Morgan fingerprint density at radius 3 is 2.71 bits per heavy atom. The van der Waals surface area contributed by atoms with Crippen LogP contribution in [-0.4, -0.2) is 50.8 Å². The van der Waals surface area contributed by atoms with Crippen molar-refractivity contribution in [3.05, 3.63) is 24.3 Å². The summed E-state index contributed by atoms with van der Waals surface area (Å²) in [5, 5.41) is 0. The Kier molecular flexibility index (Phi) is 8.26. The molecule has 1 saturated heterocycles. The molecule has 112 valence electrons. The minimum Gasteiger partial charge on any atom is -0.494 e. The van der Waals surface area contributed by atoms with E-state index in [2.05, 4.69) is 4.90 Å². The van der Waals surface area contributed by atoms with Gasteiger partial charge in [-0.15, -0.1) is 0 Å². The van der Waals surface area contributed by atoms with Gasteiger partial charge in [-0.2, -0.15) is 0 Å². The molecule has 1 aromatic carbocycles. The van der Waals surface area contributed by atoms with E-state index in [-0.39, 0.29) is 69.8 Å². The van der Waals surface area contributed by atoms with Crippen LogP contribution >= 0.6 is 0 Å². The van der Waals surface area contributed by atoms with E-state index in [0.717, 1.165) is 19.2 Å². The molecule has 0 aliphatic carbocycles. The molecule has 1 fully saturated rings. The number of morpholine rings is 1. The van der Waals surface area contributed by atoms with Gasteiger partial charge in [-0.05, 0) is 12.6 Å². The summed E-state index contributed by atoms with van der Waals surface area (Å²) >= 11 is 0. The summed E-state index contributed by atoms with van der Waals surface area (Å²) in [6, 6.07) is 5.31. The second kappa shape index (κ2) is 8.91. The molecule has 1 atom stereocenters. The van der Waals surface area contributed by atoms with Crippen molar-refractivity contribution in [1.29, 1.82) is 0 Å². The van der Waals surface area contributed by atoms with Crippen LogP contribution in [-0.2, 0) is 4.74 Å². The Morgan fingerprint density at radius 1 is 1.33 bits per heavy atom. The maximum Gasteiger partial charge on any atom is 1.00 e. The molecular weight excluding hydrogens is 309 g/mol. The first-order valence-corrected chi connectivity index (χ1v) is 6.76. The first-order valence-electron chi connectivity index (χ1n) is 6.76. The molecule has 0 radical (unpaired) electrons. The van der Waals surface area contributed by atoms with Crippen LogP contribution in [0.3, 0.4) is 0 Å². The molecule has 1 heterocycles. The monoisotopic (exact) mass is 327 g/mol. The van der Waals surface area contributed by atoms with Crippen LogP contribution in [0.1, 0.15) is 6.92 Å². The summed E-state index contributed by atoms with van der Waals surface area (Å²) in [5.41, 5.74) is -0.685. The van der Waals surface area contributed by atoms with Gasteiger partial charge in [0.05, 0.1) is 12.4 Å². The molecule has 3 nitrogen and oxygen atoms in total. The molecule has 0 spiro atoms. The zero-order chi connectivity index (χ0) is 14.6. The van der Waals surface area contributed by atoms with Crippen molar-refractivity contribution >= 4 is 12.4 Å². The largest absolute Gasteiger partial charge is 1.00 e. The number of nitrogens with zero attached hydrogens (tertiary/aromatic N) is 1. The molecule has 1 aliphatic heterocycles. The third kappa shape index (κ3) is 5.85. The standard InChI is InChI=1S/C13H18BF3NO2.K/c1-2-18-7-8-19-11(9-18)10-20-13-6-4-3-5-12(13)14(15,16)17;/h3-6,11H,2,7-10H2,1H3;/q-1;+1. The average Bonchev–Trinajstić information content (AvgIpc) is 2.44. The summed E-state index contributed by atoms with van der Waals surface area (Å²) in [6.07, 6.45) is -0.183. The van der Waals surface area contributed by atoms with Crippen molar-refractivity contribution in [3.63, 3.8) is 0 Å². The average molecular weight is 327 g/mol. The number of likely N-dealkylation sites (N-methyl/N-ethyl adjacent to an activating group) is 1. The van der Waals surface area contributed by atoms with Gasteiger partial charge >= 0.3 is 58.4 Å². The first-order chi connectivity index (χ1) is 9.50. The van der Waals surface area contributed by atoms with Crippen molar-refractivity contribution in [3.8, 4) is 5.75 Å². The normalized spacial score (nSPS) is 19.9. The number of para-hydroxylation sites is 1. The number of rotatable bonds is 5. The molecule has 1 unspecified atom stereocenters. The maximum absolute atomic E-state index is 12.9. The fourth-order valence-corrected chi connectivity index (χ4v) is 2.23. The first kappa shape index (κ1) is 19.5. The van der Waals surface area contributed by atoms with Gasteiger partial charge in [-0.1, -0.05) is 30.6 Å². The second-order valence-corrected chi connectivity index (χ2v) is 4.81. The third-order valence-corrected chi connectivity index (χ3v) is 3.37. The topological polar surface area (TPSA) is 21.7 Å². The predicted octanol–water partition coefficient (Wildman–Crippen LogP) is -1.16. The molecule has 0 aromatic heterocycles. The Labute approximate surface area is 165 Å². The molecule has 0 N–H and O–H groups in total. The fourth-order valence-electron chi connectivity index (χ4n) is 2.23. The van der Waals surface area contributed by atoms with E-state index >= 15 is 0 Å². The summed E-state index contributed by atoms with van der Waals surface area (Å²) in [6.45, 7) is 0.167. The molecule has 0 bridgehead atoms. The molecule has 21 heavy (non-hydrogen) atoms. The Bertz CT molecular complexity index is 448. The molecular formula is C13H18BF3KNO2. The molecule has 1 aliphatic rings. The van der Waals surface area contributed by atoms with E-state index in [1.807, 2.05) is 6.92 Å². The maximum atomic E-state index is 12.9. The van der Waals surface area contributed by atoms with Crippen LogP contribution in [0, 0.1) is 0 Å². The van der Waals surface area contributed by atoms with Crippen LogP contribution < -0.4 is 61.6 Å². The van der Waals surface area contributed by atoms with Crippen molar-refractivity contribution in [2.75, 3.05) is 32.8 Å². The van der Waals surface area contributed by atoms with Crippen LogP contribution in [0.5, 0.6) is 5.75 Å². The van der Waals surface area contributed by atoms with Gasteiger partial charge in [0.25, 0.3) is 0 Å². The summed E-state index contributed by atoms with van der Waals surface area (Å²) in [7, 11) is 0. The fraction of sp³-hybridized carbons (Fsp3) is 0.538. The van der Waals surface area contributed by atoms with Crippen LogP contribution in [0.4, 0.5) is 12.9 Å². The molecule has 8 heteroatoms. The minimum absolute atomic E-state index is 0. The van der Waals surface area contributed by atoms with E-state index < -0.39 is 12.4 Å². The predicted molar refractivity (Wildman–Crippen MR) is 72.5 cm³/mol. The van der Waals surface area contributed by atoms with Gasteiger partial charge in [-0.3, -0.25) is 4.90 Å². The van der Waals surface area contributed by atoms with E-state index in [1.54, 1.807) is 6.07 Å². The quantitative estimate of drug-likeness (QED) is 0.637. The second-order valence-electron chi connectivity index (χ2n) is 4.81. The number of hydrogen-bond acceptors (Lipinski definition) is 3. The molecule has 0 saturated carbocycles. The zero-order valence-corrected chi connectivity index (χ0v) is 15.5. The van der Waals surface area contributed by atoms with Crippen LogP contribution in [0.2, 0.25) is 0 Å². The SMILES string of the molecule is CCN1CCOC(COc2ccccc2[B-](F)(F)F)C1.[K+]. The Morgan fingerprint density at radius 2 is 2.05 bits per heavy atom. The molecule has 2 rings (SSSR count). The number of hydrogen-bond donors (Lipinski definition) is 0. The Balaban J connectivity index is 0.00000220. The summed E-state index contributed by atoms with van der Waals surface area (Å²) < 4.78 is 49.5. The van der Waals surface area contributed by atoms with Crippen molar-refractivity contribution in [2.24, 2.45) is 0 Å². The van der Waals surface area contributed by atoms with Crippen molar-refractivity contribution in [2.45, 2.75) is 13.0 Å². The van der Waals surface area contributed by atoms with E-state index in [1.165, 1.54) is 12.1 Å². The van der Waals surface area contributed by atoms with Gasteiger partial charge in [0.15, 0.2) is 0 Å².